The first-order valence-electron chi connectivity index (χ1n) is 10.8. The molecular weight excluding hydrogens is 584 g/mol. The minimum Gasteiger partial charge on any atom is -0.326 e. The first-order valence-corrected chi connectivity index (χ1v) is 12.7. The van der Waals surface area contributed by atoms with Crippen molar-refractivity contribution < 1.29 is 14.5 Å². The monoisotopic (exact) mass is 599 g/mol. The van der Waals surface area contributed by atoms with E-state index in [1.807, 2.05) is 0 Å². The Bertz CT molecular complexity index is 1440. The molecule has 2 atom stereocenters. The van der Waals surface area contributed by atoms with Crippen LogP contribution >= 0.6 is 58.0 Å². The molecule has 0 spiro atoms. The molecule has 192 valence electrons. The van der Waals surface area contributed by atoms with Crippen molar-refractivity contribution in [2.24, 2.45) is 5.92 Å². The highest BCUT2D eigenvalue weighted by Crippen LogP contribution is 2.65. The number of halogens is 5. The predicted molar refractivity (Wildman–Crippen MR) is 148 cm³/mol. The van der Waals surface area contributed by atoms with E-state index in [9.17, 15) is 19.7 Å². The second-order valence-electron chi connectivity index (χ2n) is 8.61. The van der Waals surface area contributed by atoms with Gasteiger partial charge in [-0.1, -0.05) is 34.8 Å². The van der Waals surface area contributed by atoms with Crippen LogP contribution in [0.2, 0.25) is 15.1 Å². The van der Waals surface area contributed by atoms with Crippen LogP contribution in [0.1, 0.15) is 33.0 Å². The fourth-order valence-electron chi connectivity index (χ4n) is 4.15. The van der Waals surface area contributed by atoms with Gasteiger partial charge < -0.3 is 10.6 Å². The average Bonchev–Trinajstić information content (AvgIpc) is 3.39. The van der Waals surface area contributed by atoms with Crippen LogP contribution < -0.4 is 10.6 Å². The second-order valence-corrected chi connectivity index (χ2v) is 11.3. The molecule has 1 aliphatic carbocycles. The van der Waals surface area contributed by atoms with Crippen molar-refractivity contribution in [1.29, 1.82) is 0 Å². The summed E-state index contributed by atoms with van der Waals surface area (Å²) in [4.78, 5) is 36.7. The molecule has 12 heteroatoms. The number of nitrogens with zero attached hydrogens (tertiary/aromatic N) is 1. The summed E-state index contributed by atoms with van der Waals surface area (Å²) in [5, 5.41) is 17.5. The van der Waals surface area contributed by atoms with Gasteiger partial charge in [0.1, 0.15) is 4.33 Å². The molecule has 0 radical (unpaired) electrons. The van der Waals surface area contributed by atoms with Crippen molar-refractivity contribution in [1.82, 2.24) is 0 Å². The summed E-state index contributed by atoms with van der Waals surface area (Å²) < 4.78 is -1.37. The first kappa shape index (κ1) is 27.5. The number of carbonyl (C=O) groups excluding carboxylic acids is 2. The molecule has 2 N–H and O–H groups in total. The zero-order chi connectivity index (χ0) is 27.2. The molecule has 0 unspecified atom stereocenters. The molecule has 7 nitrogen and oxygen atoms in total. The predicted octanol–water partition coefficient (Wildman–Crippen LogP) is 7.95. The number of carbonyl (C=O) groups is 2. The normalized spacial score (nSPS) is 17.7. The molecule has 0 bridgehead atoms. The molecule has 3 aromatic rings. The number of hydrogen-bond donors (Lipinski definition) is 2. The van der Waals surface area contributed by atoms with Gasteiger partial charge in [-0.05, 0) is 67.4 Å². The van der Waals surface area contributed by atoms with E-state index in [-0.39, 0.29) is 16.3 Å². The smallest absolute Gasteiger partial charge is 0.272 e. The number of nitro groups is 1. The average molecular weight is 602 g/mol. The number of nitrogens with one attached hydrogen (secondary N) is 2. The van der Waals surface area contributed by atoms with Crippen molar-refractivity contribution in [3.05, 3.63) is 96.0 Å². The number of benzene rings is 3. The van der Waals surface area contributed by atoms with E-state index in [1.165, 1.54) is 30.3 Å². The fourth-order valence-corrected chi connectivity index (χ4v) is 5.72. The van der Waals surface area contributed by atoms with E-state index < -0.39 is 32.9 Å². The third kappa shape index (κ3) is 5.52. The lowest BCUT2D eigenvalue weighted by atomic mass is 10.1. The summed E-state index contributed by atoms with van der Waals surface area (Å²) in [5.74, 6) is -2.33. The quantitative estimate of drug-likeness (QED) is 0.170. The lowest BCUT2D eigenvalue weighted by Crippen LogP contribution is -2.18. The van der Waals surface area contributed by atoms with Crippen LogP contribution in [0.4, 0.5) is 17.1 Å². The van der Waals surface area contributed by atoms with E-state index in [0.717, 1.165) is 0 Å². The zero-order valence-electron chi connectivity index (χ0n) is 19.2. The molecular formula is C25H18Cl5N3O4. The number of anilines is 2. The van der Waals surface area contributed by atoms with E-state index in [0.29, 0.717) is 38.1 Å². The molecule has 2 amide bonds. The molecule has 4 rings (SSSR count). The largest absolute Gasteiger partial charge is 0.326 e. The third-order valence-electron chi connectivity index (χ3n) is 6.26. The van der Waals surface area contributed by atoms with Gasteiger partial charge in [0.25, 0.3) is 11.6 Å². The Labute approximate surface area is 237 Å². The fraction of sp³-hybridized carbons (Fsp3) is 0.200. The Balaban J connectivity index is 1.53. The highest BCUT2D eigenvalue weighted by atomic mass is 35.5. The second kappa shape index (κ2) is 10.3. The van der Waals surface area contributed by atoms with Crippen molar-refractivity contribution >= 4 is 86.9 Å². The van der Waals surface area contributed by atoms with Crippen molar-refractivity contribution in [3.8, 4) is 0 Å². The Morgan fingerprint density at radius 2 is 1.57 bits per heavy atom. The highest BCUT2D eigenvalue weighted by molar-refractivity contribution is 6.53. The van der Waals surface area contributed by atoms with Crippen LogP contribution in [0, 0.1) is 29.9 Å². The Morgan fingerprint density at radius 1 is 0.919 bits per heavy atom. The number of nitro benzene ring substituents is 1. The van der Waals surface area contributed by atoms with Gasteiger partial charge in [0.2, 0.25) is 5.91 Å². The van der Waals surface area contributed by atoms with E-state index in [2.05, 4.69) is 10.6 Å². The van der Waals surface area contributed by atoms with Gasteiger partial charge >= 0.3 is 0 Å². The molecule has 1 fully saturated rings. The molecule has 1 aliphatic rings. The van der Waals surface area contributed by atoms with Crippen molar-refractivity contribution in [2.75, 3.05) is 10.6 Å². The third-order valence-corrected chi connectivity index (χ3v) is 7.97. The van der Waals surface area contributed by atoms with E-state index >= 15 is 0 Å². The van der Waals surface area contributed by atoms with Crippen LogP contribution in [0.15, 0.2) is 48.5 Å². The minimum atomic E-state index is -1.37. The van der Waals surface area contributed by atoms with Gasteiger partial charge in [0, 0.05) is 39.0 Å². The Hall–Kier alpha value is -2.55. The summed E-state index contributed by atoms with van der Waals surface area (Å²) in [6.07, 6.45) is 0. The van der Waals surface area contributed by atoms with Crippen LogP contribution in [0.25, 0.3) is 0 Å². The zero-order valence-corrected chi connectivity index (χ0v) is 23.0. The van der Waals surface area contributed by atoms with Gasteiger partial charge in [-0.3, -0.25) is 19.7 Å². The maximum Gasteiger partial charge on any atom is 0.272 e. The van der Waals surface area contributed by atoms with Crippen molar-refractivity contribution in [2.45, 2.75) is 24.1 Å². The Kier molecular flexibility index (Phi) is 7.66. The molecule has 0 heterocycles. The van der Waals surface area contributed by atoms with Crippen LogP contribution in [-0.2, 0) is 4.79 Å². The number of hydrogen-bond acceptors (Lipinski definition) is 4. The molecule has 3 aromatic carbocycles. The lowest BCUT2D eigenvalue weighted by Gasteiger charge is -2.13. The summed E-state index contributed by atoms with van der Waals surface area (Å²) in [5.41, 5.74) is 2.35. The van der Waals surface area contributed by atoms with Crippen LogP contribution in [0.3, 0.4) is 0 Å². The van der Waals surface area contributed by atoms with Gasteiger partial charge in [-0.2, -0.15) is 0 Å². The van der Waals surface area contributed by atoms with Gasteiger partial charge in [-0.25, -0.2) is 0 Å². The van der Waals surface area contributed by atoms with E-state index in [4.69, 9.17) is 58.0 Å². The van der Waals surface area contributed by atoms with Gasteiger partial charge in [0.15, 0.2) is 0 Å². The summed E-state index contributed by atoms with van der Waals surface area (Å²) in [7, 11) is 0. The molecule has 0 aromatic heterocycles. The van der Waals surface area contributed by atoms with Crippen molar-refractivity contribution in [3.63, 3.8) is 0 Å². The van der Waals surface area contributed by atoms with Crippen LogP contribution in [-0.4, -0.2) is 21.1 Å². The maximum atomic E-state index is 13.0. The van der Waals surface area contributed by atoms with E-state index in [1.54, 1.807) is 32.0 Å². The van der Waals surface area contributed by atoms with Gasteiger partial charge in [-0.15, -0.1) is 23.2 Å². The standard InChI is InChI=1S/C25H18Cl5N3O4/c1-11-12(2)20(33(36)37)6-5-19(11)32-23(34)17-10-16(3-4-18(17)28)31-24(35)22-21(25(22,29)30)13-7-14(26)9-15(27)8-13/h3-10,21-22H,1-2H3,(H,31,35)(H,32,34)/t21-,22+/m0/s1. The molecule has 0 aliphatic heterocycles. The SMILES string of the molecule is Cc1c(NC(=O)c2cc(NC(=O)[C@H]3[C@H](c4cc(Cl)cc(Cl)c4)C3(Cl)Cl)ccc2Cl)ccc([N+](=O)[O-])c1C. The topological polar surface area (TPSA) is 101 Å². The first-order chi connectivity index (χ1) is 17.3. The molecule has 1 saturated carbocycles. The minimum absolute atomic E-state index is 0.0497. The molecule has 37 heavy (non-hydrogen) atoms. The number of alkyl halides is 2. The number of rotatable bonds is 6. The Morgan fingerprint density at radius 3 is 2.19 bits per heavy atom. The summed E-state index contributed by atoms with van der Waals surface area (Å²) in [6, 6.07) is 12.1. The van der Waals surface area contributed by atoms with Gasteiger partial charge in [0.05, 0.1) is 21.4 Å². The number of amides is 2. The summed E-state index contributed by atoms with van der Waals surface area (Å²) in [6.45, 7) is 3.27. The highest BCUT2D eigenvalue weighted by Gasteiger charge is 2.67. The summed E-state index contributed by atoms with van der Waals surface area (Å²) >= 11 is 31.3. The van der Waals surface area contributed by atoms with Crippen LogP contribution in [0.5, 0.6) is 0 Å². The maximum absolute atomic E-state index is 13.0. The molecule has 0 saturated heterocycles. The lowest BCUT2D eigenvalue weighted by molar-refractivity contribution is -0.385.